The van der Waals surface area contributed by atoms with Crippen molar-refractivity contribution in [3.63, 3.8) is 0 Å². The van der Waals surface area contributed by atoms with Crippen LogP contribution in [-0.2, 0) is 0 Å². The molecule has 0 aromatic heterocycles. The van der Waals surface area contributed by atoms with Crippen molar-refractivity contribution in [1.82, 2.24) is 0 Å². The molecule has 1 aromatic carbocycles. The lowest BCUT2D eigenvalue weighted by molar-refractivity contribution is -0.489. The van der Waals surface area contributed by atoms with E-state index in [1.54, 1.807) is 0 Å². The Morgan fingerprint density at radius 3 is 2.52 bits per heavy atom. The number of aliphatic hydroxyl groups is 1. The van der Waals surface area contributed by atoms with Crippen molar-refractivity contribution in [1.29, 1.82) is 0 Å². The molecule has 3 saturated carbocycles. The molecule has 0 radical (unpaired) electrons. The molecule has 4 aliphatic carbocycles. The summed E-state index contributed by atoms with van der Waals surface area (Å²) < 4.78 is 0. The number of allylic oxidation sites excluding steroid dienone is 1. The molecule has 12 nitrogen and oxygen atoms in total. The van der Waals surface area contributed by atoms with Crippen molar-refractivity contribution < 1.29 is 19.9 Å². The molecule has 216 valence electrons. The molecule has 5 rings (SSSR count). The summed E-state index contributed by atoms with van der Waals surface area (Å²) in [6.07, 6.45) is 8.14. The quantitative estimate of drug-likeness (QED) is 0.185. The van der Waals surface area contributed by atoms with E-state index in [0.717, 1.165) is 51.0 Å². The van der Waals surface area contributed by atoms with Crippen LogP contribution in [0.25, 0.3) is 0 Å². The van der Waals surface area contributed by atoms with Crippen molar-refractivity contribution in [2.75, 3.05) is 12.0 Å². The Kier molecular flexibility index (Phi) is 7.18. The van der Waals surface area contributed by atoms with Crippen molar-refractivity contribution >= 4 is 22.8 Å². The summed E-state index contributed by atoms with van der Waals surface area (Å²) in [5.41, 5.74) is 3.80. The lowest BCUT2D eigenvalue weighted by Gasteiger charge is -2.58. The van der Waals surface area contributed by atoms with Gasteiger partial charge in [0.1, 0.15) is 5.69 Å². The second-order valence-corrected chi connectivity index (χ2v) is 12.8. The summed E-state index contributed by atoms with van der Waals surface area (Å²) >= 11 is 0. The standard InChI is InChI=1S/C28H37N5O7/c1-16(29-30-24-7-5-19(32(37)38)14-25(24)33(39)40)26-17(15-31(35)36)12-23-21-6-4-18-13-20(34)8-10-27(18,2)22(21)9-11-28(23,26)3/h4-5,7,14,17,20-23,26,30,34H,6,8-13,15H2,1-3H3/b29-16-/t17-,20-,21?,22?,23?,26-,27-,28-/m0/s1. The van der Waals surface area contributed by atoms with Gasteiger partial charge in [-0.2, -0.15) is 5.10 Å². The molecule has 0 bridgehead atoms. The SMILES string of the molecule is C/C(=N/Nc1ccc([N+](=O)[O-])cc1[N+](=O)[O-])[C@H]1[C@H](C[N+](=O)[O-])CC2C3CC=C4C[C@@H](O)CC[C@]4(C)C3CC[C@@]21C. The molecule has 40 heavy (non-hydrogen) atoms. The van der Waals surface area contributed by atoms with Gasteiger partial charge < -0.3 is 5.11 Å². The molecule has 3 fully saturated rings. The predicted octanol–water partition coefficient (Wildman–Crippen LogP) is 5.73. The smallest absolute Gasteiger partial charge is 0.301 e. The molecule has 0 aliphatic heterocycles. The van der Waals surface area contributed by atoms with E-state index in [4.69, 9.17) is 0 Å². The Balaban J connectivity index is 1.45. The zero-order valence-electron chi connectivity index (χ0n) is 23.1. The summed E-state index contributed by atoms with van der Waals surface area (Å²) in [4.78, 5) is 32.8. The molecule has 2 N–H and O–H groups in total. The van der Waals surface area contributed by atoms with Gasteiger partial charge in [-0.15, -0.1) is 0 Å². The van der Waals surface area contributed by atoms with Crippen molar-refractivity contribution in [2.45, 2.75) is 71.8 Å². The normalized spacial score (nSPS) is 37.0. The molecule has 8 atom stereocenters. The fourth-order valence-electron chi connectivity index (χ4n) is 9.11. The minimum Gasteiger partial charge on any atom is -0.393 e. The third kappa shape index (κ3) is 4.65. The maximum absolute atomic E-state index is 11.8. The van der Waals surface area contributed by atoms with E-state index in [1.165, 1.54) is 17.7 Å². The first-order valence-corrected chi connectivity index (χ1v) is 14.1. The van der Waals surface area contributed by atoms with E-state index >= 15 is 0 Å². The molecule has 12 heteroatoms. The second kappa shape index (κ2) is 10.2. The number of hydrogen-bond acceptors (Lipinski definition) is 9. The Hall–Kier alpha value is -3.41. The highest BCUT2D eigenvalue weighted by Gasteiger charge is 2.62. The van der Waals surface area contributed by atoms with Gasteiger partial charge in [-0.05, 0) is 86.5 Å². The molecular formula is C28H37N5O7. The Bertz CT molecular complexity index is 1300. The molecule has 0 spiro atoms. The molecular weight excluding hydrogens is 518 g/mol. The second-order valence-electron chi connectivity index (χ2n) is 12.8. The third-order valence-corrected chi connectivity index (χ3v) is 10.8. The molecule has 3 unspecified atom stereocenters. The van der Waals surface area contributed by atoms with Gasteiger partial charge in [0, 0.05) is 28.5 Å². The van der Waals surface area contributed by atoms with Crippen molar-refractivity contribution in [2.24, 2.45) is 45.5 Å². The van der Waals surface area contributed by atoms with Crippen molar-refractivity contribution in [3.8, 4) is 0 Å². The molecule has 0 amide bonds. The van der Waals surface area contributed by atoms with Crippen molar-refractivity contribution in [3.05, 3.63) is 60.2 Å². The Morgan fingerprint density at radius 1 is 1.10 bits per heavy atom. The maximum Gasteiger partial charge on any atom is 0.301 e. The number of nitrogens with one attached hydrogen (secondary N) is 1. The summed E-state index contributed by atoms with van der Waals surface area (Å²) in [6.45, 7) is 6.24. The highest BCUT2D eigenvalue weighted by Crippen LogP contribution is 2.67. The molecule has 4 aliphatic rings. The first-order valence-electron chi connectivity index (χ1n) is 14.1. The number of nitro groups is 3. The van der Waals surface area contributed by atoms with Gasteiger partial charge in [0.15, 0.2) is 0 Å². The molecule has 0 saturated heterocycles. The summed E-state index contributed by atoms with van der Waals surface area (Å²) in [6, 6.07) is 3.34. The number of aliphatic hydroxyl groups excluding tert-OH is 1. The van der Waals surface area contributed by atoms with Crippen LogP contribution < -0.4 is 5.43 Å². The number of anilines is 1. The topological polar surface area (TPSA) is 174 Å². The number of non-ortho nitro benzene ring substituents is 1. The minimum atomic E-state index is -0.695. The van der Waals surface area contributed by atoms with E-state index in [1.807, 2.05) is 6.92 Å². The van der Waals surface area contributed by atoms with Crippen LogP contribution >= 0.6 is 0 Å². The van der Waals surface area contributed by atoms with Crippen LogP contribution in [0.1, 0.15) is 65.7 Å². The molecule has 0 heterocycles. The first-order chi connectivity index (χ1) is 18.8. The minimum absolute atomic E-state index is 0.0292. The number of fused-ring (bicyclic) bond motifs is 5. The van der Waals surface area contributed by atoms with Gasteiger partial charge in [-0.1, -0.05) is 25.5 Å². The van der Waals surface area contributed by atoms with Gasteiger partial charge in [-0.3, -0.25) is 35.8 Å². The van der Waals surface area contributed by atoms with Gasteiger partial charge in [0.25, 0.3) is 5.69 Å². The van der Waals surface area contributed by atoms with Gasteiger partial charge >= 0.3 is 5.69 Å². The lowest BCUT2D eigenvalue weighted by atomic mass is 9.47. The van der Waals surface area contributed by atoms with E-state index < -0.39 is 21.2 Å². The summed E-state index contributed by atoms with van der Waals surface area (Å²) in [5.74, 6) is 0.763. The fraction of sp³-hybridized carbons (Fsp3) is 0.679. The highest BCUT2D eigenvalue weighted by molar-refractivity contribution is 5.87. The van der Waals surface area contributed by atoms with E-state index in [2.05, 4.69) is 30.5 Å². The van der Waals surface area contributed by atoms with Crippen LogP contribution in [0.4, 0.5) is 17.1 Å². The number of nitrogens with zero attached hydrogens (tertiary/aromatic N) is 4. The van der Waals surface area contributed by atoms with Crippen LogP contribution in [0.3, 0.4) is 0 Å². The van der Waals surface area contributed by atoms with E-state index in [0.29, 0.717) is 17.5 Å². The average molecular weight is 556 g/mol. The van der Waals surface area contributed by atoms with E-state index in [9.17, 15) is 35.4 Å². The van der Waals surface area contributed by atoms with Gasteiger partial charge in [0.2, 0.25) is 6.54 Å². The number of nitro benzene ring substituents is 2. The zero-order valence-corrected chi connectivity index (χ0v) is 23.1. The maximum atomic E-state index is 11.8. The van der Waals surface area contributed by atoms with Crippen LogP contribution in [0.2, 0.25) is 0 Å². The molecule has 1 aromatic rings. The monoisotopic (exact) mass is 555 g/mol. The Morgan fingerprint density at radius 2 is 1.85 bits per heavy atom. The fourth-order valence-corrected chi connectivity index (χ4v) is 9.11. The number of hydrazone groups is 1. The van der Waals surface area contributed by atoms with Crippen LogP contribution in [-0.4, -0.2) is 38.2 Å². The van der Waals surface area contributed by atoms with Crippen LogP contribution in [0.5, 0.6) is 0 Å². The first kappa shape index (κ1) is 28.1. The highest BCUT2D eigenvalue weighted by atomic mass is 16.6. The van der Waals surface area contributed by atoms with Crippen LogP contribution in [0, 0.1) is 70.8 Å². The van der Waals surface area contributed by atoms with E-state index in [-0.39, 0.29) is 51.8 Å². The van der Waals surface area contributed by atoms with Crippen LogP contribution in [0.15, 0.2) is 34.9 Å². The average Bonchev–Trinajstić information content (AvgIpc) is 3.18. The predicted molar refractivity (Wildman–Crippen MR) is 148 cm³/mol. The van der Waals surface area contributed by atoms with Gasteiger partial charge in [0.05, 0.1) is 22.0 Å². The third-order valence-electron chi connectivity index (χ3n) is 10.8. The number of benzene rings is 1. The summed E-state index contributed by atoms with van der Waals surface area (Å²) in [7, 11) is 0. The van der Waals surface area contributed by atoms with Gasteiger partial charge in [-0.25, -0.2) is 0 Å². The number of rotatable bonds is 7. The Labute approximate surface area is 232 Å². The zero-order chi connectivity index (χ0) is 29.0. The largest absolute Gasteiger partial charge is 0.393 e. The lowest BCUT2D eigenvalue weighted by Crippen LogP contribution is -2.51. The summed E-state index contributed by atoms with van der Waals surface area (Å²) in [5, 5.41) is 49.2. The number of hydrogen-bond donors (Lipinski definition) is 2.